The second-order valence-corrected chi connectivity index (χ2v) is 6.18. The molecule has 1 N–H and O–H groups in total. The molecule has 1 heterocycles. The zero-order chi connectivity index (χ0) is 17.5. The Morgan fingerprint density at radius 3 is 2.83 bits per heavy atom. The summed E-state index contributed by atoms with van der Waals surface area (Å²) in [7, 11) is 0. The van der Waals surface area contributed by atoms with Gasteiger partial charge in [0.15, 0.2) is 5.12 Å². The molecule has 0 radical (unpaired) electrons. The van der Waals surface area contributed by atoms with Gasteiger partial charge in [0, 0.05) is 41.8 Å². The molecule has 0 atom stereocenters. The van der Waals surface area contributed by atoms with Gasteiger partial charge in [-0.3, -0.25) is 9.59 Å². The predicted octanol–water partition coefficient (Wildman–Crippen LogP) is 2.73. The number of nitrogens with one attached hydrogen (secondary N) is 1. The fourth-order valence-corrected chi connectivity index (χ4v) is 2.56. The largest absolute Gasteiger partial charge is 0.462 e. The molecule has 124 valence electrons. The zero-order valence-corrected chi connectivity index (χ0v) is 14.3. The summed E-state index contributed by atoms with van der Waals surface area (Å²) in [5.41, 5.74) is 0.915. The number of pyridine rings is 1. The minimum atomic E-state index is -0.640. The van der Waals surface area contributed by atoms with Gasteiger partial charge in [-0.25, -0.2) is 4.79 Å². The van der Waals surface area contributed by atoms with Crippen molar-refractivity contribution in [2.24, 2.45) is 0 Å². The smallest absolute Gasteiger partial charge is 0.343 e. The Hall–Kier alpha value is -2.52. The molecule has 0 unspecified atom stereocenters. The van der Waals surface area contributed by atoms with E-state index in [0.717, 1.165) is 0 Å². The molecule has 0 amide bonds. The number of hydrogen-bond donors (Lipinski definition) is 1. The Morgan fingerprint density at radius 2 is 2.12 bits per heavy atom. The number of carbonyl (C=O) groups is 2. The molecule has 24 heavy (non-hydrogen) atoms. The number of H-pyrrole nitrogens is 1. The molecule has 0 bridgehead atoms. The maximum Gasteiger partial charge on any atom is 0.343 e. The van der Waals surface area contributed by atoms with Gasteiger partial charge in [0.25, 0.3) is 0 Å². The van der Waals surface area contributed by atoms with Crippen LogP contribution < -0.4 is 5.43 Å². The summed E-state index contributed by atoms with van der Waals surface area (Å²) >= 11 is 1.23. The van der Waals surface area contributed by atoms with Crippen LogP contribution in [0.25, 0.3) is 10.9 Å². The quantitative estimate of drug-likeness (QED) is 0.525. The molecule has 0 aliphatic rings. The maximum atomic E-state index is 12.4. The first-order valence-electron chi connectivity index (χ1n) is 7.47. The highest BCUT2D eigenvalue weighted by molar-refractivity contribution is 8.13. The molecule has 0 aliphatic heterocycles. The van der Waals surface area contributed by atoms with E-state index in [4.69, 9.17) is 4.74 Å². The molecule has 1 aromatic carbocycles. The van der Waals surface area contributed by atoms with Crippen molar-refractivity contribution in [1.82, 2.24) is 4.98 Å². The van der Waals surface area contributed by atoms with Crippen molar-refractivity contribution in [3.8, 4) is 11.8 Å². The van der Waals surface area contributed by atoms with Gasteiger partial charge in [-0.05, 0) is 25.1 Å². The van der Waals surface area contributed by atoms with E-state index >= 15 is 0 Å². The van der Waals surface area contributed by atoms with E-state index in [9.17, 15) is 14.4 Å². The third-order valence-electron chi connectivity index (χ3n) is 3.14. The lowest BCUT2D eigenvalue weighted by molar-refractivity contribution is -0.109. The molecule has 0 spiro atoms. The number of hydrogen-bond acceptors (Lipinski definition) is 5. The Morgan fingerprint density at radius 1 is 1.33 bits per heavy atom. The van der Waals surface area contributed by atoms with E-state index < -0.39 is 5.97 Å². The molecular weight excluding hydrogens is 326 g/mol. The average Bonchev–Trinajstić information content (AvgIpc) is 2.55. The third kappa shape index (κ3) is 4.49. The molecule has 5 nitrogen and oxygen atoms in total. The van der Waals surface area contributed by atoms with Crippen LogP contribution in [0, 0.1) is 11.8 Å². The second kappa shape index (κ2) is 8.37. The number of ether oxygens (including phenoxy) is 1. The summed E-state index contributed by atoms with van der Waals surface area (Å²) in [4.78, 5) is 38.0. The van der Waals surface area contributed by atoms with E-state index in [1.54, 1.807) is 25.1 Å². The van der Waals surface area contributed by atoms with Crippen LogP contribution in [0.4, 0.5) is 0 Å². The van der Waals surface area contributed by atoms with Gasteiger partial charge in [0.1, 0.15) is 5.56 Å². The predicted molar refractivity (Wildman–Crippen MR) is 95.2 cm³/mol. The van der Waals surface area contributed by atoms with E-state index in [1.165, 1.54) is 24.9 Å². The summed E-state index contributed by atoms with van der Waals surface area (Å²) in [5.74, 6) is 5.94. The monoisotopic (exact) mass is 343 g/mol. The maximum absolute atomic E-state index is 12.4. The van der Waals surface area contributed by atoms with Crippen LogP contribution >= 0.6 is 11.8 Å². The van der Waals surface area contributed by atoms with Gasteiger partial charge >= 0.3 is 5.97 Å². The van der Waals surface area contributed by atoms with Gasteiger partial charge in [0.05, 0.1) is 6.61 Å². The number of fused-ring (bicyclic) bond motifs is 1. The molecule has 0 saturated heterocycles. The highest BCUT2D eigenvalue weighted by atomic mass is 32.2. The zero-order valence-electron chi connectivity index (χ0n) is 13.5. The van der Waals surface area contributed by atoms with Crippen molar-refractivity contribution < 1.29 is 14.3 Å². The first-order chi connectivity index (χ1) is 11.5. The van der Waals surface area contributed by atoms with Gasteiger partial charge < -0.3 is 9.72 Å². The molecule has 0 fully saturated rings. The Balaban J connectivity index is 2.27. The van der Waals surface area contributed by atoms with Crippen LogP contribution in [0.3, 0.4) is 0 Å². The number of esters is 1. The lowest BCUT2D eigenvalue weighted by Gasteiger charge is -2.03. The fraction of sp³-hybridized carbons (Fsp3) is 0.278. The third-order valence-corrected chi connectivity index (χ3v) is 3.96. The standard InChI is InChI=1S/C18H17NO4S/c1-3-23-18(22)15-11-19-16-8-7-13(10-14(16)17(15)21)6-4-5-9-24-12(2)20/h7-8,10-11H,3,5,9H2,1-2H3,(H,19,21). The number of rotatable bonds is 4. The molecule has 1 aromatic heterocycles. The van der Waals surface area contributed by atoms with Crippen molar-refractivity contribution >= 4 is 33.7 Å². The van der Waals surface area contributed by atoms with Crippen molar-refractivity contribution in [3.63, 3.8) is 0 Å². The van der Waals surface area contributed by atoms with Crippen molar-refractivity contribution in [1.29, 1.82) is 0 Å². The summed E-state index contributed by atoms with van der Waals surface area (Å²) in [6, 6.07) is 5.20. The van der Waals surface area contributed by atoms with Gasteiger partial charge in [-0.1, -0.05) is 23.6 Å². The van der Waals surface area contributed by atoms with Crippen LogP contribution in [0.15, 0.2) is 29.2 Å². The van der Waals surface area contributed by atoms with Crippen molar-refractivity contribution in [3.05, 3.63) is 45.7 Å². The van der Waals surface area contributed by atoms with Crippen LogP contribution in [-0.2, 0) is 9.53 Å². The van der Waals surface area contributed by atoms with Crippen LogP contribution in [0.5, 0.6) is 0 Å². The molecule has 2 aromatic rings. The average molecular weight is 343 g/mol. The molecule has 0 saturated carbocycles. The minimum Gasteiger partial charge on any atom is -0.462 e. The van der Waals surface area contributed by atoms with Gasteiger partial charge in [-0.15, -0.1) is 0 Å². The van der Waals surface area contributed by atoms with E-state index in [2.05, 4.69) is 16.8 Å². The van der Waals surface area contributed by atoms with Gasteiger partial charge in [0.2, 0.25) is 5.43 Å². The van der Waals surface area contributed by atoms with Crippen LogP contribution in [-0.4, -0.2) is 28.4 Å². The summed E-state index contributed by atoms with van der Waals surface area (Å²) in [6.07, 6.45) is 1.95. The van der Waals surface area contributed by atoms with E-state index in [-0.39, 0.29) is 22.7 Å². The number of aromatic nitrogens is 1. The number of benzene rings is 1. The number of aromatic amines is 1. The van der Waals surface area contributed by atoms with Crippen LogP contribution in [0.2, 0.25) is 0 Å². The normalized spacial score (nSPS) is 10.1. The summed E-state index contributed by atoms with van der Waals surface area (Å²) < 4.78 is 4.88. The Kier molecular flexibility index (Phi) is 6.21. The Bertz CT molecular complexity index is 889. The molecular formula is C18H17NO4S. The minimum absolute atomic E-state index is 0.0210. The summed E-state index contributed by atoms with van der Waals surface area (Å²) in [5, 5.41) is 0.464. The van der Waals surface area contributed by atoms with Crippen molar-refractivity contribution in [2.75, 3.05) is 12.4 Å². The molecule has 2 rings (SSSR count). The second-order valence-electron chi connectivity index (χ2n) is 4.90. The van der Waals surface area contributed by atoms with E-state index in [0.29, 0.717) is 28.6 Å². The molecule has 0 aliphatic carbocycles. The topological polar surface area (TPSA) is 76.2 Å². The lowest BCUT2D eigenvalue weighted by atomic mass is 10.1. The number of thioether (sulfide) groups is 1. The first-order valence-corrected chi connectivity index (χ1v) is 8.46. The lowest BCUT2D eigenvalue weighted by Crippen LogP contribution is -2.18. The fourth-order valence-electron chi connectivity index (χ4n) is 2.07. The highest BCUT2D eigenvalue weighted by Gasteiger charge is 2.13. The highest BCUT2D eigenvalue weighted by Crippen LogP contribution is 2.11. The van der Waals surface area contributed by atoms with Gasteiger partial charge in [-0.2, -0.15) is 0 Å². The molecule has 6 heteroatoms. The first kappa shape index (κ1) is 17.8. The Labute approximate surface area is 143 Å². The van der Waals surface area contributed by atoms with Crippen molar-refractivity contribution in [2.45, 2.75) is 20.3 Å². The van der Waals surface area contributed by atoms with E-state index in [1.807, 2.05) is 0 Å². The SMILES string of the molecule is CCOC(=O)c1c[nH]c2ccc(C#CCCSC(C)=O)cc2c1=O. The number of carbonyl (C=O) groups excluding carboxylic acids is 2. The van der Waals surface area contributed by atoms with Crippen LogP contribution in [0.1, 0.15) is 36.2 Å². The summed E-state index contributed by atoms with van der Waals surface area (Å²) in [6.45, 7) is 3.42.